The van der Waals surface area contributed by atoms with E-state index in [4.69, 9.17) is 4.74 Å². The van der Waals surface area contributed by atoms with Crippen molar-refractivity contribution in [2.45, 2.75) is 18.8 Å². The van der Waals surface area contributed by atoms with Crippen molar-refractivity contribution in [2.24, 2.45) is 7.05 Å². The van der Waals surface area contributed by atoms with Gasteiger partial charge in [0.2, 0.25) is 0 Å². The van der Waals surface area contributed by atoms with Gasteiger partial charge in [0, 0.05) is 20.8 Å². The van der Waals surface area contributed by atoms with Crippen LogP contribution in [0.3, 0.4) is 0 Å². The molecule has 19 heavy (non-hydrogen) atoms. The number of nitrogens with zero attached hydrogens (tertiary/aromatic N) is 2. The predicted molar refractivity (Wildman–Crippen MR) is 72.2 cm³/mol. The number of methoxy groups -OCH3 is 1. The lowest BCUT2D eigenvalue weighted by atomic mass is 9.79. The van der Waals surface area contributed by atoms with Gasteiger partial charge in [-0.15, -0.1) is 0 Å². The lowest BCUT2D eigenvalue weighted by Gasteiger charge is -2.25. The molecule has 0 radical (unpaired) electrons. The molecule has 2 rings (SSSR count). The van der Waals surface area contributed by atoms with Crippen LogP contribution < -0.4 is 0 Å². The molecule has 1 heterocycles. The molecule has 0 fully saturated rings. The van der Waals surface area contributed by atoms with Crippen LogP contribution in [0.25, 0.3) is 11.0 Å². The van der Waals surface area contributed by atoms with E-state index in [2.05, 4.69) is 4.98 Å². The van der Waals surface area contributed by atoms with Gasteiger partial charge in [-0.2, -0.15) is 0 Å². The molecule has 1 atom stereocenters. The van der Waals surface area contributed by atoms with Gasteiger partial charge in [-0.25, -0.2) is 4.98 Å². The summed E-state index contributed by atoms with van der Waals surface area (Å²) in [6.45, 7) is 2.13. The zero-order valence-electron chi connectivity index (χ0n) is 11.4. The molecule has 0 aliphatic carbocycles. The molecule has 0 saturated heterocycles. The summed E-state index contributed by atoms with van der Waals surface area (Å²) < 4.78 is 6.93. The van der Waals surface area contributed by atoms with Crippen LogP contribution in [0.4, 0.5) is 0 Å². The molecule has 1 aromatic heterocycles. The van der Waals surface area contributed by atoms with E-state index in [0.29, 0.717) is 13.0 Å². The van der Waals surface area contributed by atoms with Gasteiger partial charge in [-0.05, 0) is 31.0 Å². The fourth-order valence-corrected chi connectivity index (χ4v) is 2.16. The highest BCUT2D eigenvalue weighted by atomic mass is 16.5. The Morgan fingerprint density at radius 3 is 2.89 bits per heavy atom. The standard InChI is InChI=1S/C14H18N2O3/c1-14(13(17)18,6-7-19-3)10-4-5-12-11(8-10)15-9-16(12)2/h4-5,8-9H,6-7H2,1-3H3,(H,17,18). The number of hydrogen-bond acceptors (Lipinski definition) is 3. The van der Waals surface area contributed by atoms with Gasteiger partial charge in [-0.1, -0.05) is 6.07 Å². The second-order valence-corrected chi connectivity index (χ2v) is 4.94. The summed E-state index contributed by atoms with van der Waals surface area (Å²) in [6.07, 6.45) is 2.15. The molecule has 0 aliphatic rings. The zero-order valence-corrected chi connectivity index (χ0v) is 11.4. The molecule has 0 bridgehead atoms. The number of aliphatic carboxylic acids is 1. The van der Waals surface area contributed by atoms with E-state index in [-0.39, 0.29) is 0 Å². The number of benzene rings is 1. The number of rotatable bonds is 5. The highest BCUT2D eigenvalue weighted by Gasteiger charge is 2.35. The fraction of sp³-hybridized carbons (Fsp3) is 0.429. The molecule has 0 aliphatic heterocycles. The third kappa shape index (κ3) is 2.33. The summed E-state index contributed by atoms with van der Waals surface area (Å²) >= 11 is 0. The van der Waals surface area contributed by atoms with Crippen LogP contribution in [0, 0.1) is 0 Å². The normalized spacial score (nSPS) is 14.5. The number of ether oxygens (including phenoxy) is 1. The Balaban J connectivity index is 2.47. The van der Waals surface area contributed by atoms with Crippen molar-refractivity contribution in [3.63, 3.8) is 0 Å². The second-order valence-electron chi connectivity index (χ2n) is 4.94. The third-order valence-corrected chi connectivity index (χ3v) is 3.64. The number of fused-ring (bicyclic) bond motifs is 1. The first-order valence-electron chi connectivity index (χ1n) is 6.13. The Morgan fingerprint density at radius 2 is 2.26 bits per heavy atom. The first-order chi connectivity index (χ1) is 8.99. The van der Waals surface area contributed by atoms with Crippen molar-refractivity contribution < 1.29 is 14.6 Å². The van der Waals surface area contributed by atoms with Crippen LogP contribution in [0.15, 0.2) is 24.5 Å². The SMILES string of the molecule is COCCC(C)(C(=O)O)c1ccc2c(c1)ncn2C. The molecule has 102 valence electrons. The van der Waals surface area contributed by atoms with Gasteiger partial charge in [-0.3, -0.25) is 4.79 Å². The lowest BCUT2D eigenvalue weighted by Crippen LogP contribution is -2.33. The molecule has 5 heteroatoms. The molecule has 5 nitrogen and oxygen atoms in total. The van der Waals surface area contributed by atoms with E-state index >= 15 is 0 Å². The van der Waals surface area contributed by atoms with Crippen LogP contribution >= 0.6 is 0 Å². The van der Waals surface area contributed by atoms with E-state index in [1.54, 1.807) is 20.4 Å². The molecule has 1 unspecified atom stereocenters. The van der Waals surface area contributed by atoms with Crippen molar-refractivity contribution in [1.29, 1.82) is 0 Å². The largest absolute Gasteiger partial charge is 0.481 e. The lowest BCUT2D eigenvalue weighted by molar-refractivity contribution is -0.143. The molecule has 1 N–H and O–H groups in total. The van der Waals surface area contributed by atoms with Gasteiger partial charge >= 0.3 is 5.97 Å². The van der Waals surface area contributed by atoms with E-state index in [1.165, 1.54) is 0 Å². The summed E-state index contributed by atoms with van der Waals surface area (Å²) in [5.74, 6) is -0.847. The molecule has 0 amide bonds. The summed E-state index contributed by atoms with van der Waals surface area (Å²) in [7, 11) is 3.49. The number of carbonyl (C=O) groups is 1. The van der Waals surface area contributed by atoms with Crippen molar-refractivity contribution in [3.8, 4) is 0 Å². The Morgan fingerprint density at radius 1 is 1.53 bits per heavy atom. The maximum absolute atomic E-state index is 11.6. The number of imidazole rings is 1. The van der Waals surface area contributed by atoms with E-state index in [0.717, 1.165) is 16.6 Å². The predicted octanol–water partition coefficient (Wildman–Crippen LogP) is 1.95. The second kappa shape index (κ2) is 5.01. The summed E-state index contributed by atoms with van der Waals surface area (Å²) in [5, 5.41) is 9.51. The van der Waals surface area contributed by atoms with Crippen molar-refractivity contribution in [2.75, 3.05) is 13.7 Å². The Bertz CT molecular complexity index is 606. The van der Waals surface area contributed by atoms with Gasteiger partial charge in [0.25, 0.3) is 0 Å². The molecular weight excluding hydrogens is 244 g/mol. The van der Waals surface area contributed by atoms with Gasteiger partial charge in [0.05, 0.1) is 22.8 Å². The average molecular weight is 262 g/mol. The topological polar surface area (TPSA) is 64.3 Å². The first kappa shape index (κ1) is 13.5. The van der Waals surface area contributed by atoms with Crippen LogP contribution in [0.5, 0.6) is 0 Å². The number of carboxylic acid groups (broad SMARTS) is 1. The van der Waals surface area contributed by atoms with Crippen LogP contribution in [0.2, 0.25) is 0 Å². The molecule has 1 aromatic carbocycles. The highest BCUT2D eigenvalue weighted by molar-refractivity contribution is 5.84. The van der Waals surface area contributed by atoms with Gasteiger partial charge in [0.15, 0.2) is 0 Å². The molecular formula is C14H18N2O3. The van der Waals surface area contributed by atoms with E-state index < -0.39 is 11.4 Å². The summed E-state index contributed by atoms with van der Waals surface area (Å²) in [4.78, 5) is 15.9. The molecule has 0 spiro atoms. The smallest absolute Gasteiger partial charge is 0.313 e. The Kier molecular flexibility index (Phi) is 3.57. The first-order valence-corrected chi connectivity index (χ1v) is 6.13. The number of aryl methyl sites for hydroxylation is 1. The zero-order chi connectivity index (χ0) is 14.0. The molecule has 2 aromatic rings. The monoisotopic (exact) mass is 262 g/mol. The fourth-order valence-electron chi connectivity index (χ4n) is 2.16. The average Bonchev–Trinajstić information content (AvgIpc) is 2.77. The number of aromatic nitrogens is 2. The van der Waals surface area contributed by atoms with Crippen LogP contribution in [-0.4, -0.2) is 34.3 Å². The van der Waals surface area contributed by atoms with Crippen LogP contribution in [-0.2, 0) is 22.0 Å². The van der Waals surface area contributed by atoms with Gasteiger partial charge < -0.3 is 14.4 Å². The van der Waals surface area contributed by atoms with Crippen molar-refractivity contribution >= 4 is 17.0 Å². The maximum atomic E-state index is 11.6. The van der Waals surface area contributed by atoms with Crippen molar-refractivity contribution in [1.82, 2.24) is 9.55 Å². The third-order valence-electron chi connectivity index (χ3n) is 3.64. The Hall–Kier alpha value is -1.88. The van der Waals surface area contributed by atoms with Gasteiger partial charge in [0.1, 0.15) is 0 Å². The van der Waals surface area contributed by atoms with E-state index in [1.807, 2.05) is 29.8 Å². The summed E-state index contributed by atoms with van der Waals surface area (Å²) in [5.41, 5.74) is 1.60. The minimum absolute atomic E-state index is 0.406. The maximum Gasteiger partial charge on any atom is 0.313 e. The highest BCUT2D eigenvalue weighted by Crippen LogP contribution is 2.30. The van der Waals surface area contributed by atoms with E-state index in [9.17, 15) is 9.90 Å². The number of carboxylic acids is 1. The van der Waals surface area contributed by atoms with Crippen molar-refractivity contribution in [3.05, 3.63) is 30.1 Å². The minimum atomic E-state index is -0.957. The number of hydrogen-bond donors (Lipinski definition) is 1. The quantitative estimate of drug-likeness (QED) is 0.894. The summed E-state index contributed by atoms with van der Waals surface area (Å²) in [6, 6.07) is 5.61. The minimum Gasteiger partial charge on any atom is -0.481 e. The van der Waals surface area contributed by atoms with Crippen LogP contribution in [0.1, 0.15) is 18.9 Å². The Labute approximate surface area is 111 Å². The molecule has 0 saturated carbocycles.